The summed E-state index contributed by atoms with van der Waals surface area (Å²) in [6, 6.07) is 12.3. The molecular weight excluding hydrogens is 417 g/mol. The molecule has 5 nitrogen and oxygen atoms in total. The van der Waals surface area contributed by atoms with Crippen molar-refractivity contribution in [2.45, 2.75) is 38.4 Å². The average molecular weight is 447 g/mol. The Morgan fingerprint density at radius 1 is 1.00 bits per heavy atom. The van der Waals surface area contributed by atoms with Crippen molar-refractivity contribution in [1.82, 2.24) is 15.1 Å². The summed E-state index contributed by atoms with van der Waals surface area (Å²) in [6.45, 7) is 5.98. The predicted molar refractivity (Wildman–Crippen MR) is 118 cm³/mol. The number of nitrogens with one attached hydrogen (secondary N) is 1. The minimum Gasteiger partial charge on any atom is -0.368 e. The molecule has 0 radical (unpaired) electrons. The van der Waals surface area contributed by atoms with E-state index < -0.39 is 17.5 Å². The van der Waals surface area contributed by atoms with Gasteiger partial charge in [-0.25, -0.2) is 18.0 Å². The summed E-state index contributed by atoms with van der Waals surface area (Å²) in [6.07, 6.45) is 1.81. The number of halogens is 3. The minimum atomic E-state index is -1.46. The van der Waals surface area contributed by atoms with Crippen molar-refractivity contribution >= 4 is 11.7 Å². The normalized spacial score (nSPS) is 20.4. The minimum absolute atomic E-state index is 0.102. The Kier molecular flexibility index (Phi) is 6.89. The predicted octanol–water partition coefficient (Wildman–Crippen LogP) is 3.99. The Balaban J connectivity index is 1.26. The van der Waals surface area contributed by atoms with Gasteiger partial charge in [0.25, 0.3) is 0 Å². The van der Waals surface area contributed by atoms with Gasteiger partial charge in [0.1, 0.15) is 0 Å². The number of urea groups is 1. The van der Waals surface area contributed by atoms with E-state index in [0.717, 1.165) is 44.6 Å². The van der Waals surface area contributed by atoms with Crippen molar-refractivity contribution in [2.75, 3.05) is 37.6 Å². The van der Waals surface area contributed by atoms with Crippen molar-refractivity contribution in [1.29, 1.82) is 0 Å². The van der Waals surface area contributed by atoms with E-state index in [9.17, 15) is 18.0 Å². The molecule has 172 valence electrons. The van der Waals surface area contributed by atoms with Gasteiger partial charge in [-0.3, -0.25) is 4.90 Å². The smallest absolute Gasteiger partial charge is 0.317 e. The number of piperazine rings is 1. The lowest BCUT2D eigenvalue weighted by Crippen LogP contribution is -2.58. The molecular formula is C24H29F3N4O. The second-order valence-electron chi connectivity index (χ2n) is 8.70. The van der Waals surface area contributed by atoms with Gasteiger partial charge in [0.15, 0.2) is 17.5 Å². The molecule has 1 atom stereocenters. The lowest BCUT2D eigenvalue weighted by molar-refractivity contribution is 0.153. The molecule has 2 aliphatic heterocycles. The first kappa shape index (κ1) is 22.5. The van der Waals surface area contributed by atoms with Crippen LogP contribution in [0.25, 0.3) is 0 Å². The Bertz CT molecular complexity index is 911. The number of benzene rings is 2. The maximum atomic E-state index is 13.6. The van der Waals surface area contributed by atoms with Gasteiger partial charge >= 0.3 is 6.03 Å². The van der Waals surface area contributed by atoms with Crippen LogP contribution in [0.15, 0.2) is 42.5 Å². The van der Waals surface area contributed by atoms with Crippen LogP contribution >= 0.6 is 0 Å². The van der Waals surface area contributed by atoms with Gasteiger partial charge < -0.3 is 15.1 Å². The number of hydrogen-bond donors (Lipinski definition) is 1. The molecule has 4 rings (SSSR count). The highest BCUT2D eigenvalue weighted by molar-refractivity contribution is 5.75. The van der Waals surface area contributed by atoms with E-state index in [1.54, 1.807) is 9.80 Å². The molecule has 2 heterocycles. The van der Waals surface area contributed by atoms with Crippen LogP contribution in [0.4, 0.5) is 23.7 Å². The lowest BCUT2D eigenvalue weighted by Gasteiger charge is -2.42. The number of rotatable bonds is 4. The lowest BCUT2D eigenvalue weighted by atomic mass is 10.0. The number of amides is 2. The molecule has 2 fully saturated rings. The first-order chi connectivity index (χ1) is 15.4. The summed E-state index contributed by atoms with van der Waals surface area (Å²) in [5, 5.41) is 3.16. The number of piperidine rings is 1. The largest absolute Gasteiger partial charge is 0.368 e. The second kappa shape index (κ2) is 9.81. The van der Waals surface area contributed by atoms with Gasteiger partial charge in [-0.2, -0.15) is 0 Å². The summed E-state index contributed by atoms with van der Waals surface area (Å²) >= 11 is 0. The zero-order valence-electron chi connectivity index (χ0n) is 18.2. The van der Waals surface area contributed by atoms with Crippen molar-refractivity contribution in [3.8, 4) is 0 Å². The highest BCUT2D eigenvalue weighted by Crippen LogP contribution is 2.24. The van der Waals surface area contributed by atoms with E-state index in [-0.39, 0.29) is 18.1 Å². The molecule has 8 heteroatoms. The van der Waals surface area contributed by atoms with E-state index in [2.05, 4.69) is 22.3 Å². The zero-order chi connectivity index (χ0) is 22.7. The van der Waals surface area contributed by atoms with E-state index >= 15 is 0 Å². The average Bonchev–Trinajstić information content (AvgIpc) is 2.79. The third-order valence-electron chi connectivity index (χ3n) is 6.39. The summed E-state index contributed by atoms with van der Waals surface area (Å²) in [7, 11) is 0. The Morgan fingerprint density at radius 3 is 2.28 bits per heavy atom. The van der Waals surface area contributed by atoms with Gasteiger partial charge in [-0.15, -0.1) is 0 Å². The van der Waals surface area contributed by atoms with Crippen LogP contribution in [0.5, 0.6) is 0 Å². The molecule has 2 aromatic rings. The van der Waals surface area contributed by atoms with E-state index in [4.69, 9.17) is 0 Å². The number of likely N-dealkylation sites (tertiary alicyclic amines) is 1. The quantitative estimate of drug-likeness (QED) is 0.722. The summed E-state index contributed by atoms with van der Waals surface area (Å²) < 4.78 is 40.4. The Morgan fingerprint density at radius 2 is 1.66 bits per heavy atom. The maximum absolute atomic E-state index is 13.6. The Hall–Kier alpha value is -2.74. The third kappa shape index (κ3) is 5.18. The summed E-state index contributed by atoms with van der Waals surface area (Å²) in [4.78, 5) is 18.8. The van der Waals surface area contributed by atoms with Gasteiger partial charge in [-0.1, -0.05) is 30.3 Å². The summed E-state index contributed by atoms with van der Waals surface area (Å²) in [5.41, 5.74) is 1.58. The number of carbonyl (C=O) groups excluding carboxylic acids is 1. The highest BCUT2D eigenvalue weighted by Gasteiger charge is 2.30. The molecule has 2 aliphatic rings. The highest BCUT2D eigenvalue weighted by atomic mass is 19.2. The summed E-state index contributed by atoms with van der Waals surface area (Å²) in [5.74, 6) is -3.87. The number of nitrogens with zero attached hydrogens (tertiary/aromatic N) is 3. The fraction of sp³-hybridized carbons (Fsp3) is 0.458. The molecule has 32 heavy (non-hydrogen) atoms. The number of anilines is 1. The van der Waals surface area contributed by atoms with Crippen LogP contribution < -0.4 is 10.2 Å². The van der Waals surface area contributed by atoms with Gasteiger partial charge in [-0.05, 0) is 25.3 Å². The molecule has 0 aromatic heterocycles. The van der Waals surface area contributed by atoms with Crippen molar-refractivity contribution in [3.05, 3.63) is 65.5 Å². The van der Waals surface area contributed by atoms with E-state index in [1.165, 1.54) is 5.56 Å². The van der Waals surface area contributed by atoms with Crippen LogP contribution in [0.2, 0.25) is 0 Å². The van der Waals surface area contributed by atoms with Crippen molar-refractivity contribution in [3.63, 3.8) is 0 Å². The first-order valence-corrected chi connectivity index (χ1v) is 11.1. The third-order valence-corrected chi connectivity index (χ3v) is 6.39. The Labute approximate surface area is 186 Å². The molecule has 2 aromatic carbocycles. The standard InChI is InChI=1S/C24H29F3N4O/c1-17-15-30(20-13-21(25)23(27)22(26)14-20)11-12-31(17)24(32)28-19-7-9-29(10-8-19)16-18-5-3-2-4-6-18/h2-6,13-14,17,19H,7-12,15-16H2,1H3,(H,28,32)/t17-/m1/s1. The SMILES string of the molecule is C[C@@H]1CN(c2cc(F)c(F)c(F)c2)CCN1C(=O)NC1CCN(Cc2ccccc2)CC1. The van der Waals surface area contributed by atoms with Crippen LogP contribution in [-0.2, 0) is 6.54 Å². The van der Waals surface area contributed by atoms with Crippen LogP contribution in [-0.4, -0.2) is 60.6 Å². The monoisotopic (exact) mass is 446 g/mol. The molecule has 0 aliphatic carbocycles. The molecule has 0 spiro atoms. The molecule has 0 saturated carbocycles. The fourth-order valence-corrected chi connectivity index (χ4v) is 4.55. The van der Waals surface area contributed by atoms with Crippen molar-refractivity contribution in [2.24, 2.45) is 0 Å². The first-order valence-electron chi connectivity index (χ1n) is 11.1. The van der Waals surface area contributed by atoms with E-state index in [1.807, 2.05) is 25.1 Å². The topological polar surface area (TPSA) is 38.8 Å². The molecule has 2 amide bonds. The molecule has 2 saturated heterocycles. The van der Waals surface area contributed by atoms with Gasteiger partial charge in [0.05, 0.1) is 0 Å². The van der Waals surface area contributed by atoms with Crippen LogP contribution in [0.1, 0.15) is 25.3 Å². The van der Waals surface area contributed by atoms with Crippen LogP contribution in [0, 0.1) is 17.5 Å². The van der Waals surface area contributed by atoms with Gasteiger partial charge in [0.2, 0.25) is 0 Å². The number of carbonyl (C=O) groups is 1. The second-order valence-corrected chi connectivity index (χ2v) is 8.70. The number of hydrogen-bond acceptors (Lipinski definition) is 3. The molecule has 0 bridgehead atoms. The van der Waals surface area contributed by atoms with Crippen LogP contribution in [0.3, 0.4) is 0 Å². The maximum Gasteiger partial charge on any atom is 0.317 e. The van der Waals surface area contributed by atoms with E-state index in [0.29, 0.717) is 25.3 Å². The molecule has 1 N–H and O–H groups in total. The van der Waals surface area contributed by atoms with Crippen molar-refractivity contribution < 1.29 is 18.0 Å². The molecule has 0 unspecified atom stereocenters. The van der Waals surface area contributed by atoms with Gasteiger partial charge in [0, 0.05) is 69.2 Å². The zero-order valence-corrected chi connectivity index (χ0v) is 18.2. The fourth-order valence-electron chi connectivity index (χ4n) is 4.55.